The van der Waals surface area contributed by atoms with E-state index in [1.807, 2.05) is 0 Å². The minimum Gasteiger partial charge on any atom is -0.459 e. The van der Waals surface area contributed by atoms with E-state index in [1.54, 1.807) is 0 Å². The van der Waals surface area contributed by atoms with Gasteiger partial charge in [0.15, 0.2) is 6.10 Å². The molecular weight excluding hydrogens is 120 g/mol. The highest BCUT2D eigenvalue weighted by atomic mass is 16.5. The smallest absolute Gasteiger partial charge is 0.338 e. The first-order valence-corrected chi connectivity index (χ1v) is 2.62. The number of carbonyl (C=O) groups is 1. The molecule has 1 atom stereocenters. The Morgan fingerprint density at radius 2 is 2.44 bits per heavy atom. The molecule has 3 nitrogen and oxygen atoms in total. The Labute approximate surface area is 53.9 Å². The maximum atomic E-state index is 10.3. The summed E-state index contributed by atoms with van der Waals surface area (Å²) < 4.78 is 4.38. The van der Waals surface area contributed by atoms with Gasteiger partial charge < -0.3 is 4.74 Å². The van der Waals surface area contributed by atoms with Gasteiger partial charge >= 0.3 is 5.97 Å². The average Bonchev–Trinajstić information content (AvgIpc) is 1.82. The lowest BCUT2D eigenvalue weighted by Gasteiger charge is -1.99. The van der Waals surface area contributed by atoms with Crippen LogP contribution in [0.4, 0.5) is 0 Å². The van der Waals surface area contributed by atoms with Gasteiger partial charge in [0.2, 0.25) is 0 Å². The summed E-state index contributed by atoms with van der Waals surface area (Å²) in [4.78, 5) is 10.3. The van der Waals surface area contributed by atoms with Crippen molar-refractivity contribution in [2.24, 2.45) is 0 Å². The van der Waals surface area contributed by atoms with Crippen molar-refractivity contribution in [1.29, 1.82) is 0 Å². The van der Waals surface area contributed by atoms with E-state index in [1.165, 1.54) is 13.0 Å². The van der Waals surface area contributed by atoms with E-state index in [4.69, 9.17) is 0 Å². The van der Waals surface area contributed by atoms with Crippen LogP contribution >= 0.6 is 0 Å². The molecule has 3 heteroatoms. The first kappa shape index (κ1) is 8.17. The van der Waals surface area contributed by atoms with Crippen LogP contribution in [0, 0.1) is 0 Å². The lowest BCUT2D eigenvalue weighted by Crippen LogP contribution is -2.17. The van der Waals surface area contributed by atoms with Crippen LogP contribution in [0.5, 0.6) is 0 Å². The molecule has 0 amide bonds. The highest BCUT2D eigenvalue weighted by Crippen LogP contribution is 1.86. The quantitative estimate of drug-likeness (QED) is 0.412. The second kappa shape index (κ2) is 4.09. The summed E-state index contributed by atoms with van der Waals surface area (Å²) in [7, 11) is 0. The second-order valence-electron chi connectivity index (χ2n) is 1.56. The maximum absolute atomic E-state index is 10.3. The molecule has 0 aromatic carbocycles. The molecule has 0 aromatic rings. The van der Waals surface area contributed by atoms with Crippen LogP contribution in [0.3, 0.4) is 0 Å². The van der Waals surface area contributed by atoms with Crippen LogP contribution in [0.2, 0.25) is 0 Å². The van der Waals surface area contributed by atoms with E-state index in [9.17, 15) is 9.90 Å². The molecule has 0 aliphatic heterocycles. The van der Waals surface area contributed by atoms with Crippen LogP contribution in [-0.4, -0.2) is 18.7 Å². The number of hydrogen-bond acceptors (Lipinski definition) is 2. The van der Waals surface area contributed by atoms with Gasteiger partial charge in [0.05, 0.1) is 0 Å². The molecule has 1 unspecified atom stereocenters. The van der Waals surface area contributed by atoms with Gasteiger partial charge in [-0.15, -0.1) is 0 Å². The molecule has 0 rings (SSSR count). The summed E-state index contributed by atoms with van der Waals surface area (Å²) in [5.74, 6) is -0.727. The standard InChI is InChI=1S/C6H9O3/c1-3-4-9-6(8)5(2)7/h3,5H,1,4H2,2H3. The van der Waals surface area contributed by atoms with Crippen molar-refractivity contribution in [2.45, 2.75) is 13.0 Å². The summed E-state index contributed by atoms with van der Waals surface area (Å²) in [5, 5.41) is 10.2. The molecule has 0 aromatic heterocycles. The SMILES string of the molecule is C=CCOC(=O)C(C)[O]. The van der Waals surface area contributed by atoms with E-state index < -0.39 is 12.1 Å². The summed E-state index contributed by atoms with van der Waals surface area (Å²) in [6, 6.07) is 0. The molecule has 1 radical (unpaired) electrons. The summed E-state index contributed by atoms with van der Waals surface area (Å²) in [6.07, 6.45) is 0.130. The third-order valence-corrected chi connectivity index (χ3v) is 0.675. The van der Waals surface area contributed by atoms with Gasteiger partial charge in [-0.1, -0.05) is 12.7 Å². The zero-order chi connectivity index (χ0) is 7.28. The van der Waals surface area contributed by atoms with Crippen LogP contribution in [0.15, 0.2) is 12.7 Å². The van der Waals surface area contributed by atoms with E-state index in [0.29, 0.717) is 0 Å². The molecule has 0 saturated carbocycles. The fourth-order valence-electron chi connectivity index (χ4n) is 0.258. The number of hydrogen-bond donors (Lipinski definition) is 0. The minimum absolute atomic E-state index is 0.116. The van der Waals surface area contributed by atoms with Crippen molar-refractivity contribution < 1.29 is 14.6 Å². The molecule has 0 saturated heterocycles. The Balaban J connectivity index is 3.38. The first-order valence-electron chi connectivity index (χ1n) is 2.62. The Bertz CT molecular complexity index is 107. The molecule has 0 aliphatic rings. The Hall–Kier alpha value is -0.830. The fourth-order valence-corrected chi connectivity index (χ4v) is 0.258. The number of rotatable bonds is 3. The van der Waals surface area contributed by atoms with Crippen molar-refractivity contribution in [2.75, 3.05) is 6.61 Å². The Kier molecular flexibility index (Phi) is 3.71. The fraction of sp³-hybridized carbons (Fsp3) is 0.500. The Morgan fingerprint density at radius 3 is 2.78 bits per heavy atom. The lowest BCUT2D eigenvalue weighted by molar-refractivity contribution is -0.154. The van der Waals surface area contributed by atoms with Gasteiger partial charge in [-0.25, -0.2) is 9.90 Å². The molecule has 0 spiro atoms. The number of esters is 1. The maximum Gasteiger partial charge on any atom is 0.338 e. The topological polar surface area (TPSA) is 46.2 Å². The van der Waals surface area contributed by atoms with Crippen molar-refractivity contribution in [1.82, 2.24) is 0 Å². The van der Waals surface area contributed by atoms with Gasteiger partial charge in [-0.05, 0) is 6.92 Å². The summed E-state index contributed by atoms with van der Waals surface area (Å²) in [6.45, 7) is 4.67. The van der Waals surface area contributed by atoms with Crippen LogP contribution in [-0.2, 0) is 14.6 Å². The van der Waals surface area contributed by atoms with E-state index in [0.717, 1.165) is 0 Å². The minimum atomic E-state index is -1.29. The van der Waals surface area contributed by atoms with Gasteiger partial charge in [-0.2, -0.15) is 0 Å². The normalized spacial score (nSPS) is 12.2. The zero-order valence-corrected chi connectivity index (χ0v) is 5.29. The molecular formula is C6H9O3. The Morgan fingerprint density at radius 1 is 1.89 bits per heavy atom. The molecule has 0 fully saturated rings. The first-order chi connectivity index (χ1) is 4.18. The molecule has 0 N–H and O–H groups in total. The molecule has 0 heterocycles. The zero-order valence-electron chi connectivity index (χ0n) is 5.29. The molecule has 51 valence electrons. The number of carbonyl (C=O) groups excluding carboxylic acids is 1. The van der Waals surface area contributed by atoms with E-state index in [-0.39, 0.29) is 6.61 Å². The van der Waals surface area contributed by atoms with Gasteiger partial charge in [-0.3, -0.25) is 0 Å². The van der Waals surface area contributed by atoms with Crippen molar-refractivity contribution in [3.8, 4) is 0 Å². The third-order valence-electron chi connectivity index (χ3n) is 0.675. The van der Waals surface area contributed by atoms with Gasteiger partial charge in [0.1, 0.15) is 6.61 Å². The highest BCUT2D eigenvalue weighted by Gasteiger charge is 2.09. The van der Waals surface area contributed by atoms with Crippen LogP contribution in [0.25, 0.3) is 0 Å². The predicted octanol–water partition coefficient (Wildman–Crippen LogP) is 0.535. The van der Waals surface area contributed by atoms with E-state index in [2.05, 4.69) is 11.3 Å². The molecule has 0 bridgehead atoms. The van der Waals surface area contributed by atoms with Crippen molar-refractivity contribution in [3.63, 3.8) is 0 Å². The summed E-state index contributed by atoms with van der Waals surface area (Å²) >= 11 is 0. The number of ether oxygens (including phenoxy) is 1. The third kappa shape index (κ3) is 3.73. The van der Waals surface area contributed by atoms with Crippen molar-refractivity contribution in [3.05, 3.63) is 12.7 Å². The molecule has 0 aliphatic carbocycles. The van der Waals surface area contributed by atoms with Gasteiger partial charge in [0.25, 0.3) is 0 Å². The summed E-state index contributed by atoms with van der Waals surface area (Å²) in [5.41, 5.74) is 0. The van der Waals surface area contributed by atoms with Crippen LogP contribution < -0.4 is 0 Å². The average molecular weight is 129 g/mol. The van der Waals surface area contributed by atoms with Crippen molar-refractivity contribution >= 4 is 5.97 Å². The predicted molar refractivity (Wildman–Crippen MR) is 31.3 cm³/mol. The van der Waals surface area contributed by atoms with Gasteiger partial charge in [0, 0.05) is 0 Å². The monoisotopic (exact) mass is 129 g/mol. The lowest BCUT2D eigenvalue weighted by atomic mass is 10.4. The largest absolute Gasteiger partial charge is 0.459 e. The second-order valence-corrected chi connectivity index (χ2v) is 1.56. The van der Waals surface area contributed by atoms with Crippen LogP contribution in [0.1, 0.15) is 6.92 Å². The van der Waals surface area contributed by atoms with E-state index >= 15 is 0 Å². The molecule has 9 heavy (non-hydrogen) atoms. The highest BCUT2D eigenvalue weighted by molar-refractivity contribution is 5.73.